The second kappa shape index (κ2) is 84.9. The number of carbonyl (C=O) groups excluding carboxylic acids is 5. The van der Waals surface area contributed by atoms with E-state index in [1.807, 2.05) is 0 Å². The van der Waals surface area contributed by atoms with Gasteiger partial charge in [-0.2, -0.15) is 40.5 Å². The Hall–Kier alpha value is -0.880. The SMILES string of the molecule is COO.COO.NCOCCOCCC=O.O=CC=O.O=CC=O.S.S.S. The van der Waals surface area contributed by atoms with Crippen LogP contribution in [0.15, 0.2) is 0 Å². The summed E-state index contributed by atoms with van der Waals surface area (Å²) in [6.45, 7) is 1.69. The highest BCUT2D eigenvalue weighted by Gasteiger charge is 1.86. The van der Waals surface area contributed by atoms with Gasteiger partial charge >= 0.3 is 0 Å². The van der Waals surface area contributed by atoms with Crippen molar-refractivity contribution in [2.24, 2.45) is 5.73 Å². The Bertz CT molecular complexity index is 227. The molecule has 0 spiro atoms. The van der Waals surface area contributed by atoms with Crippen LogP contribution in [0.25, 0.3) is 0 Å². The quantitative estimate of drug-likeness (QED) is 0.0934. The molecule has 0 heterocycles. The lowest BCUT2D eigenvalue weighted by molar-refractivity contribution is -0.215. The minimum atomic E-state index is 0. The van der Waals surface area contributed by atoms with Crippen LogP contribution in [0.5, 0.6) is 0 Å². The zero-order chi connectivity index (χ0) is 19.9. The lowest BCUT2D eigenvalue weighted by Gasteiger charge is -2.00. The Kier molecular flexibility index (Phi) is 158. The molecule has 0 atom stereocenters. The molecule has 0 rings (SSSR count). The highest BCUT2D eigenvalue weighted by atomic mass is 32.1. The summed E-state index contributed by atoms with van der Waals surface area (Å²) in [6, 6.07) is 0. The Morgan fingerprint density at radius 1 is 0.704 bits per heavy atom. The lowest BCUT2D eigenvalue weighted by Crippen LogP contribution is -2.10. The van der Waals surface area contributed by atoms with Crippen LogP contribution >= 0.6 is 40.5 Å². The number of nitrogens with two attached hydrogens (primary N) is 1. The summed E-state index contributed by atoms with van der Waals surface area (Å²) in [6.07, 6.45) is 2.05. The van der Waals surface area contributed by atoms with Gasteiger partial charge in [0.2, 0.25) is 0 Å². The number of ether oxygens (including phenoxy) is 2. The first-order valence-electron chi connectivity index (χ1n) is 6.00. The van der Waals surface area contributed by atoms with E-state index in [0.29, 0.717) is 26.2 Å². The van der Waals surface area contributed by atoms with Crippen LogP contribution in [0.2, 0.25) is 0 Å². The number of carbonyl (C=O) groups is 5. The van der Waals surface area contributed by atoms with E-state index in [1.54, 1.807) is 0 Å². The largest absolute Gasteiger partial charge is 0.379 e. The maximum absolute atomic E-state index is 9.76. The third-order valence-corrected chi connectivity index (χ3v) is 0.981. The molecule has 0 aliphatic rings. The fraction of sp³-hybridized carbons (Fsp3) is 0.583. The van der Waals surface area contributed by atoms with Crippen molar-refractivity contribution >= 4 is 71.9 Å². The average molecular weight is 462 g/mol. The van der Waals surface area contributed by atoms with Gasteiger partial charge in [0.25, 0.3) is 0 Å². The summed E-state index contributed by atoms with van der Waals surface area (Å²) in [5, 5.41) is 14.1. The zero-order valence-corrected chi connectivity index (χ0v) is 18.1. The summed E-state index contributed by atoms with van der Waals surface area (Å²) in [4.78, 5) is 51.5. The smallest absolute Gasteiger partial charge is 0.182 e. The zero-order valence-electron chi connectivity index (χ0n) is 15.1. The van der Waals surface area contributed by atoms with Crippen molar-refractivity contribution in [1.82, 2.24) is 0 Å². The average Bonchev–Trinajstić information content (AvgIpc) is 2.60. The molecule has 0 unspecified atom stereocenters. The van der Waals surface area contributed by atoms with Crippen LogP contribution in [0.4, 0.5) is 0 Å². The van der Waals surface area contributed by atoms with Crippen molar-refractivity contribution in [3.05, 3.63) is 0 Å². The van der Waals surface area contributed by atoms with E-state index in [1.165, 1.54) is 14.2 Å². The third-order valence-electron chi connectivity index (χ3n) is 0.981. The standard InChI is InChI=1S/C6H13NO3.2C2H2O2.2CH4O2.3H2S/c7-6-10-5-4-9-3-1-2-8;2*3-1-2-4;2*1-3-2;;;/h2H,1,3-7H2;2*1-2H;2*2H,1H3;3*1H2. The molecule has 0 radical (unpaired) electrons. The molecule has 0 aromatic heterocycles. The molecule has 27 heavy (non-hydrogen) atoms. The Morgan fingerprint density at radius 3 is 1.22 bits per heavy atom. The molecule has 0 amide bonds. The molecule has 0 saturated heterocycles. The van der Waals surface area contributed by atoms with E-state index < -0.39 is 0 Å². The first-order chi connectivity index (χ1) is 11.6. The fourth-order valence-electron chi connectivity index (χ4n) is 0.435. The molecular weight excluding hydrogens is 430 g/mol. The molecule has 0 aromatic carbocycles. The molecule has 0 aliphatic heterocycles. The summed E-state index contributed by atoms with van der Waals surface area (Å²) < 4.78 is 9.74. The van der Waals surface area contributed by atoms with Crippen LogP contribution < -0.4 is 5.73 Å². The summed E-state index contributed by atoms with van der Waals surface area (Å²) in [5.74, 6) is 0. The highest BCUT2D eigenvalue weighted by Crippen LogP contribution is 1.78. The van der Waals surface area contributed by atoms with Gasteiger partial charge < -0.3 is 20.0 Å². The fourth-order valence-corrected chi connectivity index (χ4v) is 0.435. The third kappa shape index (κ3) is 204. The topological polar surface area (TPSA) is 189 Å². The van der Waals surface area contributed by atoms with Gasteiger partial charge in [0.05, 0.1) is 40.8 Å². The summed E-state index contributed by atoms with van der Waals surface area (Å²) >= 11 is 0. The van der Waals surface area contributed by atoms with Gasteiger partial charge in [0.1, 0.15) is 6.29 Å². The van der Waals surface area contributed by atoms with E-state index in [-0.39, 0.29) is 72.4 Å². The molecule has 0 aliphatic carbocycles. The number of rotatable bonds is 9. The van der Waals surface area contributed by atoms with Crippen LogP contribution in [0, 0.1) is 0 Å². The van der Waals surface area contributed by atoms with E-state index in [2.05, 4.69) is 9.78 Å². The van der Waals surface area contributed by atoms with Crippen molar-refractivity contribution in [2.75, 3.05) is 40.8 Å². The molecule has 0 saturated carbocycles. The molecule has 12 nitrogen and oxygen atoms in total. The number of hydrogen-bond acceptors (Lipinski definition) is 12. The molecule has 0 fully saturated rings. The van der Waals surface area contributed by atoms with Gasteiger partial charge in [-0.15, -0.1) is 0 Å². The highest BCUT2D eigenvalue weighted by molar-refractivity contribution is 7.59. The molecule has 0 bridgehead atoms. The van der Waals surface area contributed by atoms with Gasteiger partial charge in [0, 0.05) is 6.42 Å². The predicted octanol–water partition coefficient (Wildman–Crippen LogP) is -1.16. The van der Waals surface area contributed by atoms with Crippen LogP contribution in [0.3, 0.4) is 0 Å². The maximum Gasteiger partial charge on any atom is 0.182 e. The normalized spacial score (nSPS) is 6.41. The summed E-state index contributed by atoms with van der Waals surface area (Å²) in [7, 11) is 2.36. The van der Waals surface area contributed by atoms with Gasteiger partial charge in [-0.3, -0.25) is 29.7 Å². The van der Waals surface area contributed by atoms with Gasteiger partial charge in [0.15, 0.2) is 25.1 Å². The van der Waals surface area contributed by atoms with Crippen molar-refractivity contribution in [3.8, 4) is 0 Å². The molecule has 0 aromatic rings. The van der Waals surface area contributed by atoms with Crippen molar-refractivity contribution in [1.29, 1.82) is 0 Å². The molecule has 4 N–H and O–H groups in total. The number of hydrogen-bond donors (Lipinski definition) is 3. The van der Waals surface area contributed by atoms with Crippen LogP contribution in [0.1, 0.15) is 6.42 Å². The van der Waals surface area contributed by atoms with Gasteiger partial charge in [-0.05, 0) is 0 Å². The predicted molar refractivity (Wildman–Crippen MR) is 111 cm³/mol. The Balaban J connectivity index is -0.0000000303. The van der Waals surface area contributed by atoms with Crippen molar-refractivity contribution in [3.63, 3.8) is 0 Å². The molecular formula is C12H31NO11S3. The maximum atomic E-state index is 9.76. The second-order valence-corrected chi connectivity index (χ2v) is 2.55. The minimum Gasteiger partial charge on any atom is -0.379 e. The first-order valence-corrected chi connectivity index (χ1v) is 6.00. The molecule has 15 heteroatoms. The van der Waals surface area contributed by atoms with E-state index >= 15 is 0 Å². The van der Waals surface area contributed by atoms with Crippen molar-refractivity contribution in [2.45, 2.75) is 6.42 Å². The Morgan fingerprint density at radius 2 is 1.00 bits per heavy atom. The van der Waals surface area contributed by atoms with Crippen molar-refractivity contribution < 1.29 is 53.7 Å². The molecule has 168 valence electrons. The van der Waals surface area contributed by atoms with Gasteiger partial charge in [-0.1, -0.05) is 0 Å². The monoisotopic (exact) mass is 461 g/mol. The minimum absolute atomic E-state index is 0. The second-order valence-electron chi connectivity index (χ2n) is 2.55. The van der Waals surface area contributed by atoms with E-state index in [9.17, 15) is 4.79 Å². The van der Waals surface area contributed by atoms with Crippen LogP contribution in [-0.4, -0.2) is 82.7 Å². The van der Waals surface area contributed by atoms with E-state index in [4.69, 9.17) is 44.9 Å². The van der Waals surface area contributed by atoms with E-state index in [0.717, 1.165) is 6.29 Å². The Labute approximate surface area is 178 Å². The van der Waals surface area contributed by atoms with Gasteiger partial charge in [-0.25, -0.2) is 9.78 Å². The lowest BCUT2D eigenvalue weighted by atomic mass is 10.5. The van der Waals surface area contributed by atoms with Crippen LogP contribution in [-0.2, 0) is 43.2 Å². The number of aldehydes is 5. The summed E-state index contributed by atoms with van der Waals surface area (Å²) in [5.41, 5.74) is 5.04. The first kappa shape index (κ1) is 50.2.